The predicted octanol–water partition coefficient (Wildman–Crippen LogP) is 2.32. The molecule has 1 unspecified atom stereocenters. The van der Waals surface area contributed by atoms with Crippen molar-refractivity contribution in [3.63, 3.8) is 0 Å². The van der Waals surface area contributed by atoms with E-state index >= 15 is 0 Å². The summed E-state index contributed by atoms with van der Waals surface area (Å²) < 4.78 is 5.77. The maximum Gasteiger partial charge on any atom is 0.211 e. The second kappa shape index (κ2) is 4.49. The van der Waals surface area contributed by atoms with Crippen LogP contribution in [-0.2, 0) is 0 Å². The fourth-order valence-corrected chi connectivity index (χ4v) is 3.47. The van der Waals surface area contributed by atoms with Crippen molar-refractivity contribution in [1.29, 1.82) is 0 Å². The minimum absolute atomic E-state index is 0.145. The number of hydrogen-bond donors (Lipinski definition) is 1. The number of rotatable bonds is 2. The van der Waals surface area contributed by atoms with Crippen molar-refractivity contribution in [2.45, 2.75) is 37.4 Å². The van der Waals surface area contributed by atoms with E-state index in [1.54, 1.807) is 6.07 Å². The Hall–Kier alpha value is -1.62. The molecular formula is C14H17NO4. The summed E-state index contributed by atoms with van der Waals surface area (Å²) in [6, 6.07) is 7.35. The van der Waals surface area contributed by atoms with Gasteiger partial charge in [-0.2, -0.15) is 0 Å². The second-order valence-corrected chi connectivity index (χ2v) is 5.46. The van der Waals surface area contributed by atoms with Crippen molar-refractivity contribution >= 4 is 0 Å². The van der Waals surface area contributed by atoms with Crippen molar-refractivity contribution in [3.8, 4) is 5.75 Å². The van der Waals surface area contributed by atoms with Gasteiger partial charge in [0.05, 0.1) is 5.92 Å². The molecule has 3 rings (SSSR count). The zero-order valence-electron chi connectivity index (χ0n) is 10.6. The number of fused-ring (bicyclic) bond motifs is 2. The van der Waals surface area contributed by atoms with Crippen molar-refractivity contribution < 1.29 is 14.8 Å². The molecule has 1 saturated carbocycles. The van der Waals surface area contributed by atoms with Gasteiger partial charge in [0.15, 0.2) is 0 Å². The van der Waals surface area contributed by atoms with Gasteiger partial charge < -0.3 is 9.84 Å². The van der Waals surface area contributed by atoms with Crippen LogP contribution < -0.4 is 4.74 Å². The molecule has 1 N–H and O–H groups in total. The van der Waals surface area contributed by atoms with E-state index in [0.29, 0.717) is 12.2 Å². The van der Waals surface area contributed by atoms with Gasteiger partial charge in [0.2, 0.25) is 12.3 Å². The molecule has 5 heteroatoms. The van der Waals surface area contributed by atoms with E-state index < -0.39 is 5.79 Å². The second-order valence-electron chi connectivity index (χ2n) is 5.46. The summed E-state index contributed by atoms with van der Waals surface area (Å²) >= 11 is 0. The Balaban J connectivity index is 2.04. The van der Waals surface area contributed by atoms with Gasteiger partial charge in [-0.05, 0) is 18.9 Å². The van der Waals surface area contributed by atoms with E-state index in [0.717, 1.165) is 24.8 Å². The highest BCUT2D eigenvalue weighted by atomic mass is 16.6. The maximum absolute atomic E-state index is 10.9. The van der Waals surface area contributed by atoms with Gasteiger partial charge >= 0.3 is 0 Å². The molecule has 0 radical (unpaired) electrons. The third-order valence-electron chi connectivity index (χ3n) is 4.32. The minimum Gasteiger partial charge on any atom is -0.462 e. The van der Waals surface area contributed by atoms with Gasteiger partial charge in [-0.15, -0.1) is 0 Å². The summed E-state index contributed by atoms with van der Waals surface area (Å²) in [4.78, 5) is 10.6. The van der Waals surface area contributed by atoms with Crippen LogP contribution in [0.5, 0.6) is 5.75 Å². The maximum atomic E-state index is 10.9. The van der Waals surface area contributed by atoms with Gasteiger partial charge in [0.1, 0.15) is 5.75 Å². The Morgan fingerprint density at radius 2 is 2.21 bits per heavy atom. The molecule has 1 aliphatic heterocycles. The van der Waals surface area contributed by atoms with E-state index in [-0.39, 0.29) is 23.3 Å². The first-order chi connectivity index (χ1) is 9.10. The number of para-hydroxylation sites is 1. The van der Waals surface area contributed by atoms with Crippen molar-refractivity contribution in [2.24, 2.45) is 5.92 Å². The lowest BCUT2D eigenvalue weighted by molar-refractivity contribution is -0.487. The lowest BCUT2D eigenvalue weighted by Crippen LogP contribution is -2.52. The molecule has 19 heavy (non-hydrogen) atoms. The molecule has 1 fully saturated rings. The van der Waals surface area contributed by atoms with E-state index in [1.165, 1.54) is 0 Å². The number of hydrogen-bond acceptors (Lipinski definition) is 4. The van der Waals surface area contributed by atoms with E-state index in [1.807, 2.05) is 18.2 Å². The first kappa shape index (κ1) is 12.4. The summed E-state index contributed by atoms with van der Waals surface area (Å²) in [7, 11) is 0. The van der Waals surface area contributed by atoms with Crippen LogP contribution in [0, 0.1) is 16.0 Å². The van der Waals surface area contributed by atoms with E-state index in [9.17, 15) is 15.2 Å². The largest absolute Gasteiger partial charge is 0.462 e. The quantitative estimate of drug-likeness (QED) is 0.656. The molecule has 0 bridgehead atoms. The SMILES string of the molecule is O=[N+]([O-])C[C@H]1c2ccccc2OC2(O)CCCC[C@@H]12. The molecule has 5 nitrogen and oxygen atoms in total. The third-order valence-corrected chi connectivity index (χ3v) is 4.32. The van der Waals surface area contributed by atoms with Gasteiger partial charge in [-0.1, -0.05) is 24.6 Å². The standard InChI is InChI=1S/C14H17NO4/c16-14-8-4-3-6-12(14)11(9-15(17)18)10-5-1-2-7-13(10)19-14/h1-2,5,7,11-12,16H,3-4,6,8-9H2/t11-,12-,14?/m0/s1. The monoisotopic (exact) mass is 263 g/mol. The molecular weight excluding hydrogens is 246 g/mol. The van der Waals surface area contributed by atoms with Crippen LogP contribution in [0.3, 0.4) is 0 Å². The number of nitro groups is 1. The van der Waals surface area contributed by atoms with Crippen LogP contribution in [0.15, 0.2) is 24.3 Å². The minimum atomic E-state index is -1.23. The molecule has 1 heterocycles. The molecule has 0 aromatic heterocycles. The lowest BCUT2D eigenvalue weighted by atomic mass is 9.71. The van der Waals surface area contributed by atoms with Crippen molar-refractivity contribution in [1.82, 2.24) is 0 Å². The van der Waals surface area contributed by atoms with Crippen LogP contribution in [-0.4, -0.2) is 22.4 Å². The Morgan fingerprint density at radius 1 is 1.42 bits per heavy atom. The summed E-state index contributed by atoms with van der Waals surface area (Å²) in [6.45, 7) is -0.145. The van der Waals surface area contributed by atoms with Crippen LogP contribution in [0.2, 0.25) is 0 Å². The third kappa shape index (κ3) is 2.08. The molecule has 2 aliphatic rings. The lowest BCUT2D eigenvalue weighted by Gasteiger charge is -2.46. The highest BCUT2D eigenvalue weighted by Crippen LogP contribution is 2.50. The van der Waals surface area contributed by atoms with Gasteiger partial charge in [-0.25, -0.2) is 0 Å². The summed E-state index contributed by atoms with van der Waals surface area (Å²) in [6.07, 6.45) is 3.23. The first-order valence-corrected chi connectivity index (χ1v) is 6.72. The van der Waals surface area contributed by atoms with Crippen LogP contribution in [0.25, 0.3) is 0 Å². The van der Waals surface area contributed by atoms with E-state index in [4.69, 9.17) is 4.74 Å². The zero-order valence-corrected chi connectivity index (χ0v) is 10.6. The topological polar surface area (TPSA) is 72.6 Å². The van der Waals surface area contributed by atoms with Gasteiger partial charge in [-0.3, -0.25) is 10.1 Å². The average Bonchev–Trinajstić information content (AvgIpc) is 2.37. The van der Waals surface area contributed by atoms with Crippen LogP contribution >= 0.6 is 0 Å². The number of aliphatic hydroxyl groups is 1. The Morgan fingerprint density at radius 3 is 3.00 bits per heavy atom. The fourth-order valence-electron chi connectivity index (χ4n) is 3.47. The van der Waals surface area contributed by atoms with Gasteiger partial charge in [0.25, 0.3) is 0 Å². The molecule has 1 aliphatic carbocycles. The van der Waals surface area contributed by atoms with Gasteiger partial charge in [0, 0.05) is 22.8 Å². The highest BCUT2D eigenvalue weighted by molar-refractivity contribution is 5.40. The molecule has 1 aromatic carbocycles. The van der Waals surface area contributed by atoms with Crippen LogP contribution in [0.1, 0.15) is 37.2 Å². The predicted molar refractivity (Wildman–Crippen MR) is 68.6 cm³/mol. The fraction of sp³-hybridized carbons (Fsp3) is 0.571. The molecule has 3 atom stereocenters. The van der Waals surface area contributed by atoms with Crippen molar-refractivity contribution in [3.05, 3.63) is 39.9 Å². The average molecular weight is 263 g/mol. The summed E-state index contributed by atoms with van der Waals surface area (Å²) in [5.41, 5.74) is 0.857. The van der Waals surface area contributed by atoms with Crippen molar-refractivity contribution in [2.75, 3.05) is 6.54 Å². The molecule has 102 valence electrons. The molecule has 1 aromatic rings. The summed E-state index contributed by atoms with van der Waals surface area (Å²) in [5.74, 6) is -1.07. The zero-order chi connectivity index (χ0) is 13.5. The summed E-state index contributed by atoms with van der Waals surface area (Å²) in [5, 5.41) is 21.6. The number of nitrogens with zero attached hydrogens (tertiary/aromatic N) is 1. The Kier molecular flexibility index (Phi) is 2.93. The smallest absolute Gasteiger partial charge is 0.211 e. The molecule has 0 amide bonds. The molecule has 0 saturated heterocycles. The van der Waals surface area contributed by atoms with Crippen LogP contribution in [0.4, 0.5) is 0 Å². The Labute approximate surface area is 111 Å². The number of ether oxygens (including phenoxy) is 1. The first-order valence-electron chi connectivity index (χ1n) is 6.72. The van der Waals surface area contributed by atoms with E-state index in [2.05, 4.69) is 0 Å². The number of benzene rings is 1. The highest BCUT2D eigenvalue weighted by Gasteiger charge is 2.51. The Bertz CT molecular complexity index is 504. The molecule has 0 spiro atoms. The normalized spacial score (nSPS) is 32.9.